The molecule has 0 nitrogen and oxygen atoms in total. The Bertz CT molecular complexity index is 572. The molecule has 1 aromatic carbocycles. The number of halogens is 3. The second-order valence-corrected chi connectivity index (χ2v) is 4.11. The van der Waals surface area contributed by atoms with E-state index in [1.807, 2.05) is 0 Å². The highest BCUT2D eigenvalue weighted by atomic mass is 19.4. The molecule has 0 bridgehead atoms. The lowest BCUT2D eigenvalue weighted by Crippen LogP contribution is -2.04. The van der Waals surface area contributed by atoms with Crippen LogP contribution in [0.15, 0.2) is 36.4 Å². The van der Waals surface area contributed by atoms with Gasteiger partial charge < -0.3 is 0 Å². The van der Waals surface area contributed by atoms with E-state index in [1.165, 1.54) is 6.07 Å². The van der Waals surface area contributed by atoms with Gasteiger partial charge in [-0.25, -0.2) is 0 Å². The fourth-order valence-electron chi connectivity index (χ4n) is 1.38. The molecule has 0 unspecified atom stereocenters. The first-order valence-corrected chi connectivity index (χ1v) is 6.36. The minimum absolute atomic E-state index is 0.336. The molecule has 104 valence electrons. The molecule has 0 N–H and O–H groups in total. The predicted octanol–water partition coefficient (Wildman–Crippen LogP) is 4.81. The first kappa shape index (κ1) is 15.9. The quantitative estimate of drug-likeness (QED) is 0.537. The largest absolute Gasteiger partial charge is 0.416 e. The molecular weight excluding hydrogens is 261 g/mol. The molecule has 0 fully saturated rings. The highest BCUT2D eigenvalue weighted by Gasteiger charge is 2.30. The number of hydrogen-bond donors (Lipinski definition) is 0. The molecule has 0 saturated heterocycles. The summed E-state index contributed by atoms with van der Waals surface area (Å²) in [4.78, 5) is 0. The van der Waals surface area contributed by atoms with E-state index < -0.39 is 11.7 Å². The second-order valence-electron chi connectivity index (χ2n) is 4.11. The Kier molecular flexibility index (Phi) is 6.47. The van der Waals surface area contributed by atoms with Crippen LogP contribution in [0.1, 0.15) is 37.3 Å². The summed E-state index contributed by atoms with van der Waals surface area (Å²) in [5.41, 5.74) is -0.351. The summed E-state index contributed by atoms with van der Waals surface area (Å²) in [6.07, 6.45) is 1.83. The summed E-state index contributed by atoms with van der Waals surface area (Å²) in [6.45, 7) is 2.10. The lowest BCUT2D eigenvalue weighted by Gasteiger charge is -2.05. The van der Waals surface area contributed by atoms with Crippen LogP contribution in [0.3, 0.4) is 0 Å². The predicted molar refractivity (Wildman–Crippen MR) is 74.8 cm³/mol. The van der Waals surface area contributed by atoms with Crippen LogP contribution >= 0.6 is 0 Å². The van der Waals surface area contributed by atoms with Crippen molar-refractivity contribution < 1.29 is 13.2 Å². The number of unbranched alkanes of at least 4 members (excludes halogenated alkanes) is 2. The maximum Gasteiger partial charge on any atom is 0.416 e. The fourth-order valence-corrected chi connectivity index (χ4v) is 1.38. The maximum absolute atomic E-state index is 12.5. The topological polar surface area (TPSA) is 0 Å². The fraction of sp³-hybridized carbons (Fsp3) is 0.294. The van der Waals surface area contributed by atoms with Crippen molar-refractivity contribution in [1.29, 1.82) is 0 Å². The highest BCUT2D eigenvalue weighted by molar-refractivity contribution is 5.40. The van der Waals surface area contributed by atoms with Crippen molar-refractivity contribution in [3.63, 3.8) is 0 Å². The van der Waals surface area contributed by atoms with E-state index in [0.717, 1.165) is 31.4 Å². The normalized spacial score (nSPS) is 10.6. The maximum atomic E-state index is 12.5. The van der Waals surface area contributed by atoms with Crippen molar-refractivity contribution in [2.24, 2.45) is 0 Å². The third-order valence-corrected chi connectivity index (χ3v) is 2.41. The number of alkyl halides is 3. The Morgan fingerprint density at radius 1 is 1.15 bits per heavy atom. The molecule has 1 aromatic rings. The number of benzene rings is 1. The summed E-state index contributed by atoms with van der Waals surface area (Å²) in [5.74, 6) is 11.1. The van der Waals surface area contributed by atoms with Crippen LogP contribution in [0.5, 0.6) is 0 Å². The average Bonchev–Trinajstić information content (AvgIpc) is 2.41. The second kappa shape index (κ2) is 8.12. The minimum Gasteiger partial charge on any atom is -0.166 e. The molecule has 0 spiro atoms. The molecule has 0 aromatic heterocycles. The van der Waals surface area contributed by atoms with Crippen LogP contribution < -0.4 is 0 Å². The van der Waals surface area contributed by atoms with E-state index in [2.05, 4.69) is 30.6 Å². The van der Waals surface area contributed by atoms with Gasteiger partial charge in [-0.05, 0) is 36.8 Å². The van der Waals surface area contributed by atoms with Gasteiger partial charge >= 0.3 is 6.18 Å². The summed E-state index contributed by atoms with van der Waals surface area (Å²) in [5, 5.41) is 0. The molecular formula is C17H15F3. The Morgan fingerprint density at radius 3 is 2.60 bits per heavy atom. The lowest BCUT2D eigenvalue weighted by molar-refractivity contribution is -0.137. The SMILES string of the molecule is CCCCC#C/C=C\C#Cc1cccc(C(F)(F)F)c1. The molecule has 0 aliphatic rings. The molecule has 0 amide bonds. The Labute approximate surface area is 117 Å². The van der Waals surface area contributed by atoms with Gasteiger partial charge in [0.1, 0.15) is 0 Å². The van der Waals surface area contributed by atoms with Crippen LogP contribution in [-0.4, -0.2) is 0 Å². The zero-order valence-corrected chi connectivity index (χ0v) is 11.2. The lowest BCUT2D eigenvalue weighted by atomic mass is 10.1. The van der Waals surface area contributed by atoms with Crippen LogP contribution in [0.4, 0.5) is 13.2 Å². The number of rotatable bonds is 2. The van der Waals surface area contributed by atoms with Crippen LogP contribution in [0.2, 0.25) is 0 Å². The Balaban J connectivity index is 2.63. The van der Waals surface area contributed by atoms with E-state index in [4.69, 9.17) is 0 Å². The molecule has 0 aliphatic carbocycles. The Morgan fingerprint density at radius 2 is 1.90 bits per heavy atom. The van der Waals surface area contributed by atoms with Crippen molar-refractivity contribution >= 4 is 0 Å². The third-order valence-electron chi connectivity index (χ3n) is 2.41. The third kappa shape index (κ3) is 6.16. The molecule has 20 heavy (non-hydrogen) atoms. The molecule has 0 heterocycles. The van der Waals surface area contributed by atoms with Gasteiger partial charge in [-0.2, -0.15) is 13.2 Å². The van der Waals surface area contributed by atoms with E-state index in [9.17, 15) is 13.2 Å². The summed E-state index contributed by atoms with van der Waals surface area (Å²) < 4.78 is 37.4. The zero-order chi connectivity index (χ0) is 14.8. The Hall–Kier alpha value is -2.13. The van der Waals surface area contributed by atoms with Gasteiger partial charge in [0.25, 0.3) is 0 Å². The number of hydrogen-bond acceptors (Lipinski definition) is 0. The molecule has 3 heteroatoms. The van der Waals surface area contributed by atoms with Gasteiger partial charge in [-0.1, -0.05) is 43.1 Å². The van der Waals surface area contributed by atoms with Gasteiger partial charge in [-0.3, -0.25) is 0 Å². The van der Waals surface area contributed by atoms with Crippen molar-refractivity contribution in [1.82, 2.24) is 0 Å². The van der Waals surface area contributed by atoms with Crippen LogP contribution in [0, 0.1) is 23.7 Å². The van der Waals surface area contributed by atoms with Gasteiger partial charge in [0.2, 0.25) is 0 Å². The van der Waals surface area contributed by atoms with Gasteiger partial charge in [-0.15, -0.1) is 0 Å². The van der Waals surface area contributed by atoms with Crippen molar-refractivity contribution in [3.8, 4) is 23.7 Å². The van der Waals surface area contributed by atoms with Crippen molar-refractivity contribution in [2.75, 3.05) is 0 Å². The van der Waals surface area contributed by atoms with Gasteiger partial charge in [0, 0.05) is 12.0 Å². The van der Waals surface area contributed by atoms with Crippen LogP contribution in [0.25, 0.3) is 0 Å². The van der Waals surface area contributed by atoms with E-state index >= 15 is 0 Å². The highest BCUT2D eigenvalue weighted by Crippen LogP contribution is 2.29. The average molecular weight is 276 g/mol. The van der Waals surface area contributed by atoms with Crippen LogP contribution in [-0.2, 0) is 6.18 Å². The van der Waals surface area contributed by atoms with E-state index in [1.54, 1.807) is 18.2 Å². The molecule has 0 atom stereocenters. The minimum atomic E-state index is -4.34. The van der Waals surface area contributed by atoms with E-state index in [-0.39, 0.29) is 0 Å². The number of allylic oxidation sites excluding steroid dienone is 2. The first-order valence-electron chi connectivity index (χ1n) is 6.36. The van der Waals surface area contributed by atoms with Gasteiger partial charge in [0.05, 0.1) is 5.56 Å². The standard InChI is InChI=1S/C17H15F3/c1-2-3-4-5-6-7-8-9-11-15-12-10-13-16(14-15)17(18,19)20/h7-8,10,12-14H,2-4H2,1H3/b8-7-. The zero-order valence-electron chi connectivity index (χ0n) is 11.2. The summed E-state index contributed by atoms with van der Waals surface area (Å²) in [7, 11) is 0. The molecule has 0 radical (unpaired) electrons. The first-order chi connectivity index (χ1) is 9.54. The van der Waals surface area contributed by atoms with Crippen molar-refractivity contribution in [3.05, 3.63) is 47.5 Å². The monoisotopic (exact) mass is 276 g/mol. The summed E-state index contributed by atoms with van der Waals surface area (Å²) >= 11 is 0. The smallest absolute Gasteiger partial charge is 0.166 e. The van der Waals surface area contributed by atoms with Crippen molar-refractivity contribution in [2.45, 2.75) is 32.4 Å². The molecule has 1 rings (SSSR count). The van der Waals surface area contributed by atoms with Gasteiger partial charge in [0.15, 0.2) is 0 Å². The molecule has 0 aliphatic heterocycles. The summed E-state index contributed by atoms with van der Waals surface area (Å²) in [6, 6.07) is 4.96. The van der Waals surface area contributed by atoms with E-state index in [0.29, 0.717) is 5.56 Å². The molecule has 0 saturated carbocycles.